The Morgan fingerprint density at radius 2 is 1.19 bits per heavy atom. The van der Waals surface area contributed by atoms with Crippen LogP contribution >= 0.6 is 0 Å². The van der Waals surface area contributed by atoms with Crippen LogP contribution in [0.2, 0.25) is 0 Å². The van der Waals surface area contributed by atoms with Gasteiger partial charge in [-0.05, 0) is 74.9 Å². The third-order valence-corrected chi connectivity index (χ3v) is 3.40. The number of hydrogen-bond acceptors (Lipinski definition) is 0. The molecule has 0 saturated heterocycles. The standard InChI is InChI=1S/C16H20/c1-10(2)8-9-16-14(6)12(4)11(3)13(5)15(16)7/h1H2,2-7H3. The maximum Gasteiger partial charge on any atom is 0.0312 e. The van der Waals surface area contributed by atoms with Gasteiger partial charge in [-0.15, -0.1) is 0 Å². The molecule has 0 aliphatic rings. The first-order valence-electron chi connectivity index (χ1n) is 5.60. The van der Waals surface area contributed by atoms with E-state index in [-0.39, 0.29) is 0 Å². The lowest BCUT2D eigenvalue weighted by Crippen LogP contribution is -1.99. The van der Waals surface area contributed by atoms with Crippen LogP contribution in [0.1, 0.15) is 40.3 Å². The minimum atomic E-state index is 0.912. The SMILES string of the molecule is C=C(C)C#Cc1c(C)c(C)c(C)c(C)c1C. The van der Waals surface area contributed by atoms with E-state index in [9.17, 15) is 0 Å². The normalized spacial score (nSPS) is 9.62. The quantitative estimate of drug-likeness (QED) is 0.567. The van der Waals surface area contributed by atoms with Gasteiger partial charge in [-0.25, -0.2) is 0 Å². The molecule has 0 aliphatic heterocycles. The van der Waals surface area contributed by atoms with Crippen LogP contribution in [-0.4, -0.2) is 0 Å². The van der Waals surface area contributed by atoms with Crippen molar-refractivity contribution in [1.82, 2.24) is 0 Å². The van der Waals surface area contributed by atoms with Crippen molar-refractivity contribution in [2.45, 2.75) is 41.5 Å². The maximum atomic E-state index is 3.82. The molecule has 0 heteroatoms. The second-order valence-corrected chi connectivity index (χ2v) is 4.53. The molecule has 1 rings (SSSR count). The lowest BCUT2D eigenvalue weighted by atomic mass is 9.90. The van der Waals surface area contributed by atoms with Crippen molar-refractivity contribution in [3.05, 3.63) is 45.5 Å². The van der Waals surface area contributed by atoms with Gasteiger partial charge in [0.15, 0.2) is 0 Å². The zero-order chi connectivity index (χ0) is 12.5. The molecule has 0 atom stereocenters. The van der Waals surface area contributed by atoms with E-state index < -0.39 is 0 Å². The molecule has 16 heavy (non-hydrogen) atoms. The highest BCUT2D eigenvalue weighted by Gasteiger charge is 2.09. The van der Waals surface area contributed by atoms with E-state index in [0.29, 0.717) is 0 Å². The summed E-state index contributed by atoms with van der Waals surface area (Å²) in [6.45, 7) is 16.6. The second kappa shape index (κ2) is 4.58. The summed E-state index contributed by atoms with van der Waals surface area (Å²) in [6.07, 6.45) is 0. The van der Waals surface area contributed by atoms with Crippen LogP contribution in [0.4, 0.5) is 0 Å². The second-order valence-electron chi connectivity index (χ2n) is 4.53. The Bertz CT molecular complexity index is 476. The molecule has 0 aromatic heterocycles. The molecule has 0 spiro atoms. The predicted octanol–water partition coefficient (Wildman–Crippen LogP) is 4.16. The molecule has 1 aromatic rings. The summed E-state index contributed by atoms with van der Waals surface area (Å²) >= 11 is 0. The van der Waals surface area contributed by atoms with E-state index in [1.165, 1.54) is 33.4 Å². The van der Waals surface area contributed by atoms with Crippen LogP contribution in [0.15, 0.2) is 12.2 Å². The summed E-state index contributed by atoms with van der Waals surface area (Å²) in [6, 6.07) is 0. The van der Waals surface area contributed by atoms with Crippen molar-refractivity contribution in [2.24, 2.45) is 0 Å². The molecule has 84 valence electrons. The summed E-state index contributed by atoms with van der Waals surface area (Å²) in [4.78, 5) is 0. The van der Waals surface area contributed by atoms with Crippen LogP contribution in [0.25, 0.3) is 0 Å². The van der Waals surface area contributed by atoms with Crippen LogP contribution in [0.3, 0.4) is 0 Å². The van der Waals surface area contributed by atoms with Gasteiger partial charge in [-0.3, -0.25) is 0 Å². The molecule has 0 amide bonds. The zero-order valence-corrected chi connectivity index (χ0v) is 11.2. The minimum absolute atomic E-state index is 0.912. The van der Waals surface area contributed by atoms with Crippen molar-refractivity contribution in [3.63, 3.8) is 0 Å². The Labute approximate surface area is 99.4 Å². The molecule has 0 aliphatic carbocycles. The fourth-order valence-electron chi connectivity index (χ4n) is 1.86. The number of allylic oxidation sites excluding steroid dienone is 1. The fraction of sp³-hybridized carbons (Fsp3) is 0.375. The van der Waals surface area contributed by atoms with Crippen molar-refractivity contribution < 1.29 is 0 Å². The number of hydrogen-bond donors (Lipinski definition) is 0. The summed E-state index contributed by atoms with van der Waals surface area (Å²) in [7, 11) is 0. The average Bonchev–Trinajstić information content (AvgIpc) is 2.23. The summed E-state index contributed by atoms with van der Waals surface area (Å²) in [5.74, 6) is 6.31. The molecule has 0 unspecified atom stereocenters. The predicted molar refractivity (Wildman–Crippen MR) is 71.8 cm³/mol. The topological polar surface area (TPSA) is 0 Å². The van der Waals surface area contributed by atoms with E-state index >= 15 is 0 Å². The van der Waals surface area contributed by atoms with Gasteiger partial charge in [-0.2, -0.15) is 0 Å². The molecule has 1 aromatic carbocycles. The van der Waals surface area contributed by atoms with Crippen molar-refractivity contribution in [1.29, 1.82) is 0 Å². The van der Waals surface area contributed by atoms with Crippen molar-refractivity contribution in [3.8, 4) is 11.8 Å². The Balaban J connectivity index is 3.54. The van der Waals surface area contributed by atoms with E-state index in [4.69, 9.17) is 0 Å². The van der Waals surface area contributed by atoms with Gasteiger partial charge in [0.25, 0.3) is 0 Å². The first-order chi connectivity index (χ1) is 7.36. The van der Waals surface area contributed by atoms with Crippen LogP contribution in [0, 0.1) is 46.5 Å². The van der Waals surface area contributed by atoms with Crippen molar-refractivity contribution >= 4 is 0 Å². The average molecular weight is 212 g/mol. The van der Waals surface area contributed by atoms with Gasteiger partial charge in [0.05, 0.1) is 0 Å². The van der Waals surface area contributed by atoms with Gasteiger partial charge >= 0.3 is 0 Å². The summed E-state index contributed by atoms with van der Waals surface area (Å²) in [5, 5.41) is 0. The van der Waals surface area contributed by atoms with Crippen LogP contribution in [-0.2, 0) is 0 Å². The van der Waals surface area contributed by atoms with E-state index in [1.54, 1.807) is 0 Å². The smallest absolute Gasteiger partial charge is 0.0312 e. The highest BCUT2D eigenvalue weighted by molar-refractivity contribution is 5.57. The lowest BCUT2D eigenvalue weighted by molar-refractivity contribution is 1.16. The third-order valence-electron chi connectivity index (χ3n) is 3.40. The molecule has 0 fully saturated rings. The Morgan fingerprint density at radius 3 is 1.56 bits per heavy atom. The van der Waals surface area contributed by atoms with E-state index in [2.05, 4.69) is 53.0 Å². The van der Waals surface area contributed by atoms with Gasteiger partial charge in [0.2, 0.25) is 0 Å². The summed E-state index contributed by atoms with van der Waals surface area (Å²) < 4.78 is 0. The summed E-state index contributed by atoms with van der Waals surface area (Å²) in [5.41, 5.74) is 8.78. The molecule has 0 heterocycles. The number of rotatable bonds is 0. The van der Waals surface area contributed by atoms with Crippen LogP contribution in [0.5, 0.6) is 0 Å². The lowest BCUT2D eigenvalue weighted by Gasteiger charge is -2.14. The molecule has 0 saturated carbocycles. The third kappa shape index (κ3) is 2.19. The van der Waals surface area contributed by atoms with Crippen molar-refractivity contribution in [2.75, 3.05) is 0 Å². The Kier molecular flexibility index (Phi) is 3.60. The number of benzene rings is 1. The first kappa shape index (κ1) is 12.6. The highest BCUT2D eigenvalue weighted by Crippen LogP contribution is 2.25. The van der Waals surface area contributed by atoms with E-state index in [0.717, 1.165) is 5.57 Å². The van der Waals surface area contributed by atoms with Gasteiger partial charge in [0.1, 0.15) is 0 Å². The van der Waals surface area contributed by atoms with Gasteiger partial charge < -0.3 is 0 Å². The highest BCUT2D eigenvalue weighted by atomic mass is 14.1. The Morgan fingerprint density at radius 1 is 0.812 bits per heavy atom. The Hall–Kier alpha value is -1.48. The van der Waals surface area contributed by atoms with Crippen LogP contribution < -0.4 is 0 Å². The monoisotopic (exact) mass is 212 g/mol. The largest absolute Gasteiger partial charge is 0.0877 e. The molecular formula is C16H20. The molecule has 0 N–H and O–H groups in total. The molecular weight excluding hydrogens is 192 g/mol. The van der Waals surface area contributed by atoms with E-state index in [1.807, 2.05) is 6.92 Å². The first-order valence-corrected chi connectivity index (χ1v) is 5.60. The fourth-order valence-corrected chi connectivity index (χ4v) is 1.86. The minimum Gasteiger partial charge on any atom is -0.0877 e. The van der Waals surface area contributed by atoms with Gasteiger partial charge in [-0.1, -0.05) is 18.4 Å². The molecule has 0 bridgehead atoms. The van der Waals surface area contributed by atoms with Gasteiger partial charge in [0, 0.05) is 5.56 Å². The zero-order valence-electron chi connectivity index (χ0n) is 11.2. The molecule has 0 nitrogen and oxygen atoms in total. The maximum absolute atomic E-state index is 3.82. The molecule has 0 radical (unpaired) electrons.